The van der Waals surface area contributed by atoms with Crippen LogP contribution in [0.5, 0.6) is 0 Å². The van der Waals surface area contributed by atoms with Gasteiger partial charge in [-0.2, -0.15) is 5.10 Å². The van der Waals surface area contributed by atoms with Crippen LogP contribution >= 0.6 is 11.6 Å². The summed E-state index contributed by atoms with van der Waals surface area (Å²) in [5, 5.41) is 7.70. The Balaban J connectivity index is 2.15. The molecule has 2 aromatic rings. The molecule has 5 nitrogen and oxygen atoms in total. The Labute approximate surface area is 129 Å². The van der Waals surface area contributed by atoms with Crippen molar-refractivity contribution in [3.8, 4) is 0 Å². The summed E-state index contributed by atoms with van der Waals surface area (Å²) in [6.07, 6.45) is 1.48. The minimum atomic E-state index is -0.178. The van der Waals surface area contributed by atoms with Crippen LogP contribution in [0.15, 0.2) is 24.3 Å². The SMILES string of the molecule is CCc1nn(CC(=O)Nc2ccccc2Cl)c(CC)c1N. The summed E-state index contributed by atoms with van der Waals surface area (Å²) < 4.78 is 1.67. The molecule has 0 radical (unpaired) electrons. The van der Waals surface area contributed by atoms with E-state index in [4.69, 9.17) is 17.3 Å². The number of carbonyl (C=O) groups excluding carboxylic acids is 1. The molecule has 0 atom stereocenters. The molecule has 0 unspecified atom stereocenters. The molecule has 0 spiro atoms. The average molecular weight is 307 g/mol. The number of anilines is 2. The topological polar surface area (TPSA) is 72.9 Å². The third-order valence-corrected chi connectivity index (χ3v) is 3.62. The van der Waals surface area contributed by atoms with Crippen LogP contribution in [0.3, 0.4) is 0 Å². The van der Waals surface area contributed by atoms with E-state index in [1.54, 1.807) is 16.8 Å². The molecule has 1 aromatic heterocycles. The standard InChI is InChI=1S/C15H19ClN4O/c1-3-11-15(17)13(4-2)20(19-11)9-14(21)18-12-8-6-5-7-10(12)16/h5-8H,3-4,9,17H2,1-2H3,(H,18,21). The van der Waals surface area contributed by atoms with Gasteiger partial charge in [0.1, 0.15) is 6.54 Å². The van der Waals surface area contributed by atoms with Crippen molar-refractivity contribution in [3.63, 3.8) is 0 Å². The Hall–Kier alpha value is -2.01. The normalized spacial score (nSPS) is 10.6. The quantitative estimate of drug-likeness (QED) is 0.892. The molecule has 0 aliphatic carbocycles. The highest BCUT2D eigenvalue weighted by Crippen LogP contribution is 2.21. The molecule has 0 fully saturated rings. The Kier molecular flexibility index (Phi) is 4.85. The van der Waals surface area contributed by atoms with E-state index in [0.29, 0.717) is 16.4 Å². The van der Waals surface area contributed by atoms with Crippen LogP contribution in [0.2, 0.25) is 5.02 Å². The van der Waals surface area contributed by atoms with E-state index in [1.807, 2.05) is 26.0 Å². The zero-order valence-electron chi connectivity index (χ0n) is 12.2. The maximum Gasteiger partial charge on any atom is 0.246 e. The van der Waals surface area contributed by atoms with Crippen LogP contribution < -0.4 is 11.1 Å². The van der Waals surface area contributed by atoms with Gasteiger partial charge in [-0.05, 0) is 25.0 Å². The third kappa shape index (κ3) is 3.36. The van der Waals surface area contributed by atoms with E-state index in [2.05, 4.69) is 10.4 Å². The lowest BCUT2D eigenvalue weighted by Gasteiger charge is -2.09. The number of carbonyl (C=O) groups is 1. The van der Waals surface area contributed by atoms with Gasteiger partial charge in [0, 0.05) is 0 Å². The van der Waals surface area contributed by atoms with Crippen LogP contribution in [0.1, 0.15) is 25.2 Å². The number of nitrogen functional groups attached to an aromatic ring is 1. The zero-order valence-corrected chi connectivity index (χ0v) is 12.9. The minimum Gasteiger partial charge on any atom is -0.396 e. The lowest BCUT2D eigenvalue weighted by molar-refractivity contribution is -0.116. The highest BCUT2D eigenvalue weighted by Gasteiger charge is 2.15. The van der Waals surface area contributed by atoms with E-state index in [9.17, 15) is 4.79 Å². The van der Waals surface area contributed by atoms with Crippen LogP contribution in [0.25, 0.3) is 0 Å². The van der Waals surface area contributed by atoms with Crippen molar-refractivity contribution in [2.45, 2.75) is 33.2 Å². The first-order valence-electron chi connectivity index (χ1n) is 6.95. The number of hydrogen-bond acceptors (Lipinski definition) is 3. The third-order valence-electron chi connectivity index (χ3n) is 3.29. The molecule has 0 saturated heterocycles. The smallest absolute Gasteiger partial charge is 0.246 e. The van der Waals surface area contributed by atoms with Crippen molar-refractivity contribution < 1.29 is 4.79 Å². The number of nitrogens with two attached hydrogens (primary N) is 1. The second kappa shape index (κ2) is 6.63. The number of amides is 1. The van der Waals surface area contributed by atoms with Crippen molar-refractivity contribution in [1.29, 1.82) is 0 Å². The van der Waals surface area contributed by atoms with Crippen molar-refractivity contribution >= 4 is 28.9 Å². The monoisotopic (exact) mass is 306 g/mol. The van der Waals surface area contributed by atoms with Crippen molar-refractivity contribution in [2.24, 2.45) is 0 Å². The van der Waals surface area contributed by atoms with Gasteiger partial charge in [0.25, 0.3) is 0 Å². The van der Waals surface area contributed by atoms with E-state index >= 15 is 0 Å². The Morgan fingerprint density at radius 2 is 2.05 bits per heavy atom. The summed E-state index contributed by atoms with van der Waals surface area (Å²) >= 11 is 6.02. The summed E-state index contributed by atoms with van der Waals surface area (Å²) in [7, 11) is 0. The first-order chi connectivity index (χ1) is 10.1. The fourth-order valence-corrected chi connectivity index (χ4v) is 2.40. The van der Waals surface area contributed by atoms with Crippen LogP contribution in [0, 0.1) is 0 Å². The number of aryl methyl sites for hydroxylation is 1. The highest BCUT2D eigenvalue weighted by molar-refractivity contribution is 6.33. The van der Waals surface area contributed by atoms with E-state index in [1.165, 1.54) is 0 Å². The Morgan fingerprint density at radius 3 is 2.67 bits per heavy atom. The van der Waals surface area contributed by atoms with Crippen LogP contribution in [-0.2, 0) is 24.2 Å². The first kappa shape index (κ1) is 15.4. The lowest BCUT2D eigenvalue weighted by atomic mass is 10.2. The fourth-order valence-electron chi connectivity index (χ4n) is 2.22. The van der Waals surface area contributed by atoms with Crippen molar-refractivity contribution in [1.82, 2.24) is 9.78 Å². The molecule has 2 rings (SSSR count). The second-order valence-electron chi connectivity index (χ2n) is 4.70. The number of rotatable bonds is 5. The molecule has 0 aliphatic heterocycles. The molecule has 1 amide bonds. The van der Waals surface area contributed by atoms with Gasteiger partial charge in [-0.3, -0.25) is 9.48 Å². The summed E-state index contributed by atoms with van der Waals surface area (Å²) in [6.45, 7) is 4.11. The number of hydrogen-bond donors (Lipinski definition) is 2. The number of benzene rings is 1. The highest BCUT2D eigenvalue weighted by atomic mass is 35.5. The van der Waals surface area contributed by atoms with Gasteiger partial charge in [-0.1, -0.05) is 37.6 Å². The number of halogens is 1. The maximum absolute atomic E-state index is 12.1. The molecule has 3 N–H and O–H groups in total. The van der Waals surface area contributed by atoms with Crippen LogP contribution in [0.4, 0.5) is 11.4 Å². The molecule has 0 bridgehead atoms. The predicted octanol–water partition coefficient (Wildman–Crippen LogP) is 2.88. The zero-order chi connectivity index (χ0) is 15.4. The lowest BCUT2D eigenvalue weighted by Crippen LogP contribution is -2.21. The second-order valence-corrected chi connectivity index (χ2v) is 5.11. The molecule has 1 aromatic carbocycles. The summed E-state index contributed by atoms with van der Waals surface area (Å²) in [6, 6.07) is 7.13. The molecular weight excluding hydrogens is 288 g/mol. The largest absolute Gasteiger partial charge is 0.396 e. The molecule has 0 aliphatic rings. The Morgan fingerprint density at radius 1 is 1.33 bits per heavy atom. The fraction of sp³-hybridized carbons (Fsp3) is 0.333. The van der Waals surface area contributed by atoms with Crippen molar-refractivity contribution in [2.75, 3.05) is 11.1 Å². The first-order valence-corrected chi connectivity index (χ1v) is 7.33. The van der Waals surface area contributed by atoms with Gasteiger partial charge >= 0.3 is 0 Å². The van der Waals surface area contributed by atoms with Gasteiger partial charge in [-0.15, -0.1) is 0 Å². The summed E-state index contributed by atoms with van der Waals surface area (Å²) in [5.74, 6) is -0.178. The maximum atomic E-state index is 12.1. The van der Waals surface area contributed by atoms with Gasteiger partial charge in [0.15, 0.2) is 0 Å². The average Bonchev–Trinajstić information content (AvgIpc) is 2.76. The Bertz CT molecular complexity index is 651. The molecule has 21 heavy (non-hydrogen) atoms. The molecule has 0 saturated carbocycles. The van der Waals surface area contributed by atoms with E-state index < -0.39 is 0 Å². The van der Waals surface area contributed by atoms with Gasteiger partial charge in [0.2, 0.25) is 5.91 Å². The number of para-hydroxylation sites is 1. The summed E-state index contributed by atoms with van der Waals surface area (Å²) in [4.78, 5) is 12.1. The number of aromatic nitrogens is 2. The molecule has 6 heteroatoms. The van der Waals surface area contributed by atoms with E-state index in [0.717, 1.165) is 24.2 Å². The number of nitrogens with one attached hydrogen (secondary N) is 1. The summed E-state index contributed by atoms with van der Waals surface area (Å²) in [5.41, 5.74) is 9.04. The van der Waals surface area contributed by atoms with Gasteiger partial charge in [-0.25, -0.2) is 0 Å². The predicted molar refractivity (Wildman–Crippen MR) is 85.5 cm³/mol. The van der Waals surface area contributed by atoms with Crippen LogP contribution in [-0.4, -0.2) is 15.7 Å². The minimum absolute atomic E-state index is 0.124. The van der Waals surface area contributed by atoms with Crippen molar-refractivity contribution in [3.05, 3.63) is 40.7 Å². The molecule has 112 valence electrons. The number of nitrogens with zero attached hydrogens (tertiary/aromatic N) is 2. The van der Waals surface area contributed by atoms with Gasteiger partial charge in [0.05, 0.1) is 27.8 Å². The van der Waals surface area contributed by atoms with E-state index in [-0.39, 0.29) is 12.5 Å². The molecule has 1 heterocycles. The molecular formula is C15H19ClN4O. The van der Waals surface area contributed by atoms with Gasteiger partial charge < -0.3 is 11.1 Å².